The van der Waals surface area contributed by atoms with E-state index >= 15 is 0 Å². The van der Waals surface area contributed by atoms with Gasteiger partial charge in [-0.1, -0.05) is 73.3 Å². The maximum atomic E-state index is 10.1. The van der Waals surface area contributed by atoms with E-state index in [0.29, 0.717) is 0 Å². The number of benzene rings is 2. The summed E-state index contributed by atoms with van der Waals surface area (Å²) in [7, 11) is 0. The quantitative estimate of drug-likeness (QED) is 0.494. The monoisotopic (exact) mass is 294 g/mol. The highest BCUT2D eigenvalue weighted by atomic mass is 16.4. The molecule has 2 aromatic carbocycles. The molecule has 0 spiro atoms. The Bertz CT molecular complexity index is 641. The van der Waals surface area contributed by atoms with Crippen molar-refractivity contribution in [2.24, 2.45) is 0 Å². The van der Waals surface area contributed by atoms with E-state index in [0.717, 1.165) is 17.7 Å². The highest BCUT2D eigenvalue weighted by molar-refractivity contribution is 5.80. The van der Waals surface area contributed by atoms with E-state index in [1.54, 1.807) is 0 Å². The summed E-state index contributed by atoms with van der Waals surface area (Å²) in [5.74, 6) is -1.17. The van der Waals surface area contributed by atoms with Crippen LogP contribution in [0.1, 0.15) is 11.1 Å². The Balaban J connectivity index is 0.000000255. The number of carbonyl (C=O) groups is 1. The molecule has 0 amide bonds. The lowest BCUT2D eigenvalue weighted by Crippen LogP contribution is -1.86. The number of aliphatic carboxylic acids is 1. The van der Waals surface area contributed by atoms with E-state index in [-0.39, 0.29) is 5.76 Å². The van der Waals surface area contributed by atoms with Gasteiger partial charge in [-0.2, -0.15) is 0 Å². The Kier molecular flexibility index (Phi) is 7.55. The van der Waals surface area contributed by atoms with Gasteiger partial charge in [-0.05, 0) is 23.3 Å². The minimum absolute atomic E-state index is 0.0846. The van der Waals surface area contributed by atoms with E-state index in [9.17, 15) is 9.90 Å². The summed E-state index contributed by atoms with van der Waals surface area (Å²) in [4.78, 5) is 10.1. The van der Waals surface area contributed by atoms with Crippen molar-refractivity contribution in [1.29, 1.82) is 0 Å². The van der Waals surface area contributed by atoms with Gasteiger partial charge >= 0.3 is 5.97 Å². The molecule has 2 N–H and O–H groups in total. The van der Waals surface area contributed by atoms with E-state index < -0.39 is 5.97 Å². The third-order valence-electron chi connectivity index (χ3n) is 2.55. The summed E-state index contributed by atoms with van der Waals surface area (Å²) in [6.45, 7) is 3.63. The highest BCUT2D eigenvalue weighted by Crippen LogP contribution is 2.05. The van der Waals surface area contributed by atoms with Crippen LogP contribution in [0.25, 0.3) is 12.2 Å². The Morgan fingerprint density at radius 2 is 1.32 bits per heavy atom. The second-order valence-corrected chi connectivity index (χ2v) is 4.27. The van der Waals surface area contributed by atoms with Crippen LogP contribution < -0.4 is 0 Å². The zero-order chi connectivity index (χ0) is 16.2. The fraction of sp³-hybridized carbons (Fsp3) is 0. The second kappa shape index (κ2) is 9.77. The molecule has 2 aromatic rings. The highest BCUT2D eigenvalue weighted by Gasteiger charge is 1.90. The van der Waals surface area contributed by atoms with Gasteiger partial charge in [-0.15, -0.1) is 0 Å². The molecule has 0 unspecified atom stereocenters. The molecule has 0 saturated carbocycles. The summed E-state index contributed by atoms with van der Waals surface area (Å²) in [6, 6.07) is 19.2. The largest absolute Gasteiger partial charge is 0.508 e. The minimum atomic E-state index is -1.09. The van der Waals surface area contributed by atoms with Crippen molar-refractivity contribution in [3.63, 3.8) is 0 Å². The molecular weight excluding hydrogens is 276 g/mol. The van der Waals surface area contributed by atoms with Crippen LogP contribution in [0.2, 0.25) is 0 Å². The molecule has 22 heavy (non-hydrogen) atoms. The van der Waals surface area contributed by atoms with Crippen LogP contribution in [-0.4, -0.2) is 16.2 Å². The molecule has 0 heterocycles. The molecule has 0 atom stereocenters. The van der Waals surface area contributed by atoms with Crippen molar-refractivity contribution in [1.82, 2.24) is 0 Å². The average molecular weight is 294 g/mol. The zero-order valence-corrected chi connectivity index (χ0v) is 12.1. The molecule has 0 saturated heterocycles. The molecule has 0 aliphatic heterocycles. The van der Waals surface area contributed by atoms with Crippen LogP contribution in [0, 0.1) is 0 Å². The van der Waals surface area contributed by atoms with Crippen LogP contribution in [0.5, 0.6) is 0 Å². The average Bonchev–Trinajstić information content (AvgIpc) is 2.55. The lowest BCUT2D eigenvalue weighted by molar-refractivity contribution is -0.131. The van der Waals surface area contributed by atoms with E-state index in [4.69, 9.17) is 5.11 Å². The summed E-state index contributed by atoms with van der Waals surface area (Å²) in [5.41, 5.74) is 1.99. The minimum Gasteiger partial charge on any atom is -0.508 e. The first-order chi connectivity index (χ1) is 10.6. The lowest BCUT2D eigenvalue weighted by Gasteiger charge is -1.92. The number of aliphatic hydroxyl groups is 1. The predicted octanol–water partition coefficient (Wildman–Crippen LogP) is 4.56. The fourth-order valence-corrected chi connectivity index (χ4v) is 1.51. The first-order valence-electron chi connectivity index (χ1n) is 6.66. The Hall–Kier alpha value is -3.07. The topological polar surface area (TPSA) is 57.5 Å². The number of rotatable bonds is 4. The molecule has 0 fully saturated rings. The summed E-state index contributed by atoms with van der Waals surface area (Å²) in [5, 5.41) is 17.6. The van der Waals surface area contributed by atoms with Gasteiger partial charge in [0.15, 0.2) is 0 Å². The van der Waals surface area contributed by atoms with Crippen LogP contribution in [-0.2, 0) is 4.79 Å². The molecule has 0 aromatic heterocycles. The van der Waals surface area contributed by atoms with Gasteiger partial charge in [0.25, 0.3) is 0 Å². The van der Waals surface area contributed by atoms with Gasteiger partial charge < -0.3 is 10.2 Å². The van der Waals surface area contributed by atoms with Crippen molar-refractivity contribution < 1.29 is 15.0 Å². The normalized spacial score (nSPS) is 10.6. The van der Waals surface area contributed by atoms with Crippen molar-refractivity contribution >= 4 is 18.1 Å². The van der Waals surface area contributed by atoms with Crippen molar-refractivity contribution in [2.45, 2.75) is 0 Å². The Morgan fingerprint density at radius 1 is 0.818 bits per heavy atom. The molecule has 0 bridgehead atoms. The van der Waals surface area contributed by atoms with E-state index in [1.165, 1.54) is 11.6 Å². The third kappa shape index (κ3) is 7.50. The Labute approximate surface area is 130 Å². The number of hydrogen-bond donors (Lipinski definition) is 2. The number of allylic oxidation sites excluding steroid dienone is 1. The van der Waals surface area contributed by atoms with Gasteiger partial charge in [0, 0.05) is 6.08 Å². The molecule has 3 nitrogen and oxygen atoms in total. The van der Waals surface area contributed by atoms with Crippen molar-refractivity contribution in [3.8, 4) is 0 Å². The molecular formula is C19H18O3. The van der Waals surface area contributed by atoms with Crippen LogP contribution >= 0.6 is 0 Å². The molecule has 3 heteroatoms. The number of hydrogen-bond acceptors (Lipinski definition) is 2. The number of carboxylic acids is 1. The van der Waals surface area contributed by atoms with Crippen LogP contribution in [0.15, 0.2) is 85.2 Å². The molecule has 112 valence electrons. The first kappa shape index (κ1) is 17.0. The molecule has 2 rings (SSSR count). The fourth-order valence-electron chi connectivity index (χ4n) is 1.51. The number of carboxylic acid groups (broad SMARTS) is 1. The Morgan fingerprint density at radius 3 is 1.73 bits per heavy atom. The summed E-state index contributed by atoms with van der Waals surface area (Å²) in [6.07, 6.45) is 5.34. The maximum Gasteiger partial charge on any atom is 0.328 e. The smallest absolute Gasteiger partial charge is 0.328 e. The second-order valence-electron chi connectivity index (χ2n) is 4.27. The van der Waals surface area contributed by atoms with Gasteiger partial charge in [0.05, 0.1) is 0 Å². The van der Waals surface area contributed by atoms with Gasteiger partial charge in [-0.3, -0.25) is 0 Å². The predicted molar refractivity (Wildman–Crippen MR) is 90.4 cm³/mol. The summed E-state index contributed by atoms with van der Waals surface area (Å²) >= 11 is 0. The molecule has 0 aliphatic carbocycles. The van der Waals surface area contributed by atoms with Crippen LogP contribution in [0.4, 0.5) is 0 Å². The standard InChI is InChI=1S/C11H10O3.C8H8/c12-10(6-7-11(13)14)8-9-4-2-1-3-5-9;1-2-8-6-4-3-5-7-8/h1-8,12H,(H,13,14);2-7H,1H2. The SMILES string of the molecule is C=Cc1ccccc1.O=C(O)C=CC(O)=Cc1ccccc1. The summed E-state index contributed by atoms with van der Waals surface area (Å²) < 4.78 is 0. The maximum absolute atomic E-state index is 10.1. The third-order valence-corrected chi connectivity index (χ3v) is 2.55. The van der Waals surface area contributed by atoms with E-state index in [1.807, 2.05) is 66.7 Å². The lowest BCUT2D eigenvalue weighted by atomic mass is 10.2. The zero-order valence-electron chi connectivity index (χ0n) is 12.1. The van der Waals surface area contributed by atoms with E-state index in [2.05, 4.69) is 6.58 Å². The molecule has 0 radical (unpaired) electrons. The first-order valence-corrected chi connectivity index (χ1v) is 6.66. The van der Waals surface area contributed by atoms with Gasteiger partial charge in [-0.25, -0.2) is 4.79 Å². The molecule has 0 aliphatic rings. The van der Waals surface area contributed by atoms with Crippen molar-refractivity contribution in [2.75, 3.05) is 0 Å². The van der Waals surface area contributed by atoms with Crippen molar-refractivity contribution in [3.05, 3.63) is 96.3 Å². The van der Waals surface area contributed by atoms with Gasteiger partial charge in [0.2, 0.25) is 0 Å². The number of aliphatic hydroxyl groups excluding tert-OH is 1. The van der Waals surface area contributed by atoms with Gasteiger partial charge in [0.1, 0.15) is 5.76 Å². The van der Waals surface area contributed by atoms with Crippen LogP contribution in [0.3, 0.4) is 0 Å².